The molecule has 1 fully saturated rings. The summed E-state index contributed by atoms with van der Waals surface area (Å²) in [4.78, 5) is 28.6. The van der Waals surface area contributed by atoms with Gasteiger partial charge in [-0.2, -0.15) is 0 Å². The first kappa shape index (κ1) is 21.4. The van der Waals surface area contributed by atoms with Crippen LogP contribution in [0.2, 0.25) is 0 Å². The summed E-state index contributed by atoms with van der Waals surface area (Å²) < 4.78 is 7.01. The van der Waals surface area contributed by atoms with Crippen LogP contribution in [0.4, 0.5) is 0 Å². The predicted octanol–water partition coefficient (Wildman–Crippen LogP) is 4.39. The number of carbonyl (C=O) groups excluding carboxylic acids is 1. The lowest BCUT2D eigenvalue weighted by Gasteiger charge is -2.35. The van der Waals surface area contributed by atoms with Gasteiger partial charge in [0.05, 0.1) is 12.6 Å². The first-order chi connectivity index (χ1) is 13.7. The van der Waals surface area contributed by atoms with Crippen LogP contribution < -0.4 is 10.3 Å². The topological polar surface area (TPSA) is 51.5 Å². The third-order valence-electron chi connectivity index (χ3n) is 5.78. The maximum Gasteiger partial charge on any atom is 0.254 e. The molecule has 2 aromatic rings. The Labute approximate surface area is 173 Å². The molecule has 1 aliphatic rings. The molecule has 1 heterocycles. The second kappa shape index (κ2) is 8.60. The predicted molar refractivity (Wildman–Crippen MR) is 118 cm³/mol. The van der Waals surface area contributed by atoms with E-state index >= 15 is 0 Å². The van der Waals surface area contributed by atoms with Crippen LogP contribution in [0.15, 0.2) is 29.1 Å². The van der Waals surface area contributed by atoms with Crippen molar-refractivity contribution in [2.45, 2.75) is 72.4 Å². The normalized spacial score (nSPS) is 15.1. The van der Waals surface area contributed by atoms with Crippen LogP contribution in [0.5, 0.6) is 5.75 Å². The van der Waals surface area contributed by atoms with Gasteiger partial charge in [-0.1, -0.05) is 40.5 Å². The number of hydrogen-bond acceptors (Lipinski definition) is 3. The largest absolute Gasteiger partial charge is 0.497 e. The zero-order chi connectivity index (χ0) is 21.2. The van der Waals surface area contributed by atoms with E-state index in [9.17, 15) is 9.59 Å². The maximum absolute atomic E-state index is 13.5. The number of methoxy groups -OCH3 is 1. The highest BCUT2D eigenvalue weighted by atomic mass is 16.5. The summed E-state index contributed by atoms with van der Waals surface area (Å²) in [6.45, 7) is 9.23. The monoisotopic (exact) mass is 398 g/mol. The van der Waals surface area contributed by atoms with E-state index in [-0.39, 0.29) is 29.5 Å². The third kappa shape index (κ3) is 4.82. The SMILES string of the molecule is CCc1cc2ccc(OC)cc2n(CC(=O)N(CC(C)(C)C)C2CCCC2)c1=O. The van der Waals surface area contributed by atoms with Crippen LogP contribution in [0.25, 0.3) is 10.9 Å². The van der Waals surface area contributed by atoms with Gasteiger partial charge in [-0.25, -0.2) is 0 Å². The van der Waals surface area contributed by atoms with Crippen LogP contribution in [0.1, 0.15) is 58.9 Å². The minimum atomic E-state index is -0.0799. The highest BCUT2D eigenvalue weighted by Crippen LogP contribution is 2.28. The standard InChI is InChI=1S/C24H34N2O3/c1-6-17-13-18-11-12-20(29-5)14-21(18)25(23(17)28)15-22(27)26(16-24(2,3)4)19-9-7-8-10-19/h11-14,19H,6-10,15-16H2,1-5H3. The molecule has 0 spiro atoms. The Morgan fingerprint density at radius 1 is 1.21 bits per heavy atom. The molecule has 29 heavy (non-hydrogen) atoms. The minimum Gasteiger partial charge on any atom is -0.497 e. The second-order valence-electron chi connectivity index (χ2n) is 9.36. The van der Waals surface area contributed by atoms with Crippen molar-refractivity contribution in [3.8, 4) is 5.75 Å². The van der Waals surface area contributed by atoms with Crippen molar-refractivity contribution in [2.75, 3.05) is 13.7 Å². The van der Waals surface area contributed by atoms with E-state index in [0.717, 1.165) is 29.3 Å². The number of hydrogen-bond donors (Lipinski definition) is 0. The highest BCUT2D eigenvalue weighted by molar-refractivity contribution is 5.84. The molecule has 1 aromatic carbocycles. The summed E-state index contributed by atoms with van der Waals surface area (Å²) in [7, 11) is 1.61. The Morgan fingerprint density at radius 3 is 2.48 bits per heavy atom. The molecule has 1 aromatic heterocycles. The fourth-order valence-electron chi connectivity index (χ4n) is 4.32. The fourth-order valence-corrected chi connectivity index (χ4v) is 4.32. The second-order valence-corrected chi connectivity index (χ2v) is 9.36. The Kier molecular flexibility index (Phi) is 6.35. The van der Waals surface area contributed by atoms with Crippen LogP contribution in [-0.2, 0) is 17.8 Å². The lowest BCUT2D eigenvalue weighted by Crippen LogP contribution is -2.46. The van der Waals surface area contributed by atoms with E-state index in [0.29, 0.717) is 18.7 Å². The summed E-state index contributed by atoms with van der Waals surface area (Å²) in [6, 6.07) is 7.92. The minimum absolute atomic E-state index is 0.0137. The van der Waals surface area contributed by atoms with Gasteiger partial charge >= 0.3 is 0 Å². The molecule has 0 radical (unpaired) electrons. The summed E-state index contributed by atoms with van der Waals surface area (Å²) >= 11 is 0. The Balaban J connectivity index is 2.03. The molecule has 1 saturated carbocycles. The van der Waals surface area contributed by atoms with Crippen molar-refractivity contribution in [3.63, 3.8) is 0 Å². The molecule has 0 bridgehead atoms. The van der Waals surface area contributed by atoms with E-state index in [2.05, 4.69) is 20.8 Å². The van der Waals surface area contributed by atoms with E-state index in [4.69, 9.17) is 4.74 Å². The molecule has 1 amide bonds. The number of rotatable bonds is 6. The lowest BCUT2D eigenvalue weighted by molar-refractivity contribution is -0.135. The molecule has 0 aliphatic heterocycles. The maximum atomic E-state index is 13.5. The average molecular weight is 399 g/mol. The van der Waals surface area contributed by atoms with Crippen molar-refractivity contribution >= 4 is 16.8 Å². The zero-order valence-electron chi connectivity index (χ0n) is 18.5. The van der Waals surface area contributed by atoms with E-state index in [1.165, 1.54) is 12.8 Å². The number of aromatic nitrogens is 1. The molecule has 1 aliphatic carbocycles. The third-order valence-corrected chi connectivity index (χ3v) is 5.78. The smallest absolute Gasteiger partial charge is 0.254 e. The number of fused-ring (bicyclic) bond motifs is 1. The van der Waals surface area contributed by atoms with Crippen LogP contribution in [-0.4, -0.2) is 35.1 Å². The number of benzene rings is 1. The van der Waals surface area contributed by atoms with Crippen molar-refractivity contribution in [2.24, 2.45) is 5.41 Å². The molecule has 0 N–H and O–H groups in total. The molecule has 5 nitrogen and oxygen atoms in total. The van der Waals surface area contributed by atoms with E-state index in [1.807, 2.05) is 36.1 Å². The molecule has 0 atom stereocenters. The first-order valence-electron chi connectivity index (χ1n) is 10.7. The number of aryl methyl sites for hydroxylation is 1. The summed E-state index contributed by atoms with van der Waals surface area (Å²) in [5.74, 6) is 0.719. The number of ether oxygens (including phenoxy) is 1. The molecule has 158 valence electrons. The molecule has 5 heteroatoms. The number of pyridine rings is 1. The average Bonchev–Trinajstić information content (AvgIpc) is 3.21. The summed E-state index contributed by atoms with van der Waals surface area (Å²) in [5, 5.41) is 0.957. The fraction of sp³-hybridized carbons (Fsp3) is 0.583. The molecule has 3 rings (SSSR count). The van der Waals surface area contributed by atoms with Crippen LogP contribution >= 0.6 is 0 Å². The van der Waals surface area contributed by atoms with Gasteiger partial charge in [0.15, 0.2) is 0 Å². The van der Waals surface area contributed by atoms with Crippen molar-refractivity contribution in [1.29, 1.82) is 0 Å². The molecule has 0 saturated heterocycles. The number of amides is 1. The highest BCUT2D eigenvalue weighted by Gasteiger charge is 2.30. The van der Waals surface area contributed by atoms with Gasteiger partial charge in [-0.15, -0.1) is 0 Å². The van der Waals surface area contributed by atoms with Gasteiger partial charge < -0.3 is 9.64 Å². The van der Waals surface area contributed by atoms with Gasteiger partial charge in [0.25, 0.3) is 5.56 Å². The molecule has 0 unspecified atom stereocenters. The summed E-state index contributed by atoms with van der Waals surface area (Å²) in [6.07, 6.45) is 5.10. The van der Waals surface area contributed by atoms with Gasteiger partial charge in [0.1, 0.15) is 12.3 Å². The first-order valence-corrected chi connectivity index (χ1v) is 10.7. The van der Waals surface area contributed by atoms with E-state index in [1.54, 1.807) is 11.7 Å². The van der Waals surface area contributed by atoms with Gasteiger partial charge in [0.2, 0.25) is 5.91 Å². The van der Waals surface area contributed by atoms with Crippen molar-refractivity contribution < 1.29 is 9.53 Å². The summed E-state index contributed by atoms with van der Waals surface area (Å²) in [5.41, 5.74) is 1.42. The molecular formula is C24H34N2O3. The Hall–Kier alpha value is -2.30. The van der Waals surface area contributed by atoms with Crippen molar-refractivity contribution in [1.82, 2.24) is 9.47 Å². The Morgan fingerprint density at radius 2 is 1.90 bits per heavy atom. The Bertz CT molecular complexity index is 934. The van der Waals surface area contributed by atoms with Crippen LogP contribution in [0, 0.1) is 5.41 Å². The van der Waals surface area contributed by atoms with Crippen molar-refractivity contribution in [3.05, 3.63) is 40.2 Å². The number of carbonyl (C=O) groups is 1. The molecular weight excluding hydrogens is 364 g/mol. The van der Waals surface area contributed by atoms with E-state index < -0.39 is 0 Å². The van der Waals surface area contributed by atoms with Gasteiger partial charge in [0, 0.05) is 24.2 Å². The van der Waals surface area contributed by atoms with Gasteiger partial charge in [-0.3, -0.25) is 14.2 Å². The number of nitrogens with zero attached hydrogens (tertiary/aromatic N) is 2. The quantitative estimate of drug-likeness (QED) is 0.725. The van der Waals surface area contributed by atoms with Gasteiger partial charge in [-0.05, 0) is 48.3 Å². The van der Waals surface area contributed by atoms with Crippen LogP contribution in [0.3, 0.4) is 0 Å². The lowest BCUT2D eigenvalue weighted by atomic mass is 9.95. The zero-order valence-corrected chi connectivity index (χ0v) is 18.5.